The van der Waals surface area contributed by atoms with Crippen LogP contribution in [-0.4, -0.2) is 24.4 Å². The predicted octanol–water partition coefficient (Wildman–Crippen LogP) is 2.80. The predicted molar refractivity (Wildman–Crippen MR) is 69.8 cm³/mol. The van der Waals surface area contributed by atoms with Crippen molar-refractivity contribution in [3.8, 4) is 0 Å². The van der Waals surface area contributed by atoms with Crippen molar-refractivity contribution in [2.24, 2.45) is 0 Å². The van der Waals surface area contributed by atoms with E-state index in [1.54, 1.807) is 0 Å². The van der Waals surface area contributed by atoms with Gasteiger partial charge < -0.3 is 0 Å². The number of nitrogens with zero attached hydrogens (tertiary/aromatic N) is 1. The van der Waals surface area contributed by atoms with Crippen LogP contribution in [0.3, 0.4) is 0 Å². The van der Waals surface area contributed by atoms with Crippen LogP contribution >= 0.6 is 0 Å². The Morgan fingerprint density at radius 1 is 0.625 bits per heavy atom. The average Bonchev–Trinajstić information content (AvgIpc) is 2.57. The minimum atomic E-state index is 1.23. The van der Waals surface area contributed by atoms with E-state index in [2.05, 4.69) is 67.3 Å². The molecule has 0 radical (unpaired) electrons. The Morgan fingerprint density at radius 3 is 1.62 bits per heavy atom. The smallest absolute Gasteiger partial charge is 0.199 e. The lowest BCUT2D eigenvalue weighted by atomic mass is 10.0. The van der Waals surface area contributed by atoms with Gasteiger partial charge in [-0.05, 0) is 23.3 Å². The van der Waals surface area contributed by atoms with Crippen LogP contribution in [0.2, 0.25) is 0 Å². The zero-order valence-electron chi connectivity index (χ0n) is 9.72. The van der Waals surface area contributed by atoms with Crippen LogP contribution in [0, 0.1) is 0 Å². The molecule has 2 aliphatic rings. The number of hydrogen-bond donors (Lipinski definition) is 0. The molecule has 2 rings (SSSR count). The zero-order valence-corrected chi connectivity index (χ0v) is 9.72. The highest BCUT2D eigenvalue weighted by atomic mass is 14.9. The van der Waals surface area contributed by atoms with Gasteiger partial charge in [0.2, 0.25) is 0 Å². The molecule has 0 bridgehead atoms. The molecule has 0 atom stereocenters. The van der Waals surface area contributed by atoms with Crippen molar-refractivity contribution in [1.82, 2.24) is 0 Å². The van der Waals surface area contributed by atoms with E-state index in [9.17, 15) is 0 Å². The van der Waals surface area contributed by atoms with Crippen molar-refractivity contribution in [2.75, 3.05) is 14.1 Å². The fourth-order valence-electron chi connectivity index (χ4n) is 1.65. The maximum Gasteiger partial charge on any atom is 0.199 e. The summed E-state index contributed by atoms with van der Waals surface area (Å²) < 4.78 is 2.11. The normalized spacial score (nSPS) is 18.2. The number of allylic oxidation sites excluding steroid dienone is 12. The van der Waals surface area contributed by atoms with Crippen molar-refractivity contribution in [3.05, 3.63) is 71.9 Å². The van der Waals surface area contributed by atoms with Crippen LogP contribution in [0.5, 0.6) is 0 Å². The van der Waals surface area contributed by atoms with Gasteiger partial charge in [-0.25, -0.2) is 4.58 Å². The Bertz CT molecular complexity index is 452. The van der Waals surface area contributed by atoms with Gasteiger partial charge in [0, 0.05) is 12.2 Å². The Kier molecular flexibility index (Phi) is 3.16. The second-order valence-electron chi connectivity index (χ2n) is 4.00. The molecular formula is C15H16N+. The molecule has 0 saturated carbocycles. The minimum Gasteiger partial charge on any atom is -0.235 e. The van der Waals surface area contributed by atoms with Crippen LogP contribution in [0.1, 0.15) is 0 Å². The summed E-state index contributed by atoms with van der Waals surface area (Å²) in [6, 6.07) is 0. The van der Waals surface area contributed by atoms with E-state index in [0.29, 0.717) is 0 Å². The molecule has 0 amide bonds. The molecule has 0 aromatic rings. The first-order valence-corrected chi connectivity index (χ1v) is 5.43. The van der Waals surface area contributed by atoms with E-state index in [1.165, 1.54) is 16.9 Å². The highest BCUT2D eigenvalue weighted by Crippen LogP contribution is 2.16. The summed E-state index contributed by atoms with van der Waals surface area (Å²) in [5.41, 5.74) is 3.72. The summed E-state index contributed by atoms with van der Waals surface area (Å²) in [6.07, 6.45) is 21.1. The molecule has 1 heteroatoms. The van der Waals surface area contributed by atoms with Gasteiger partial charge in [0.25, 0.3) is 0 Å². The Morgan fingerprint density at radius 2 is 1.12 bits per heavy atom. The van der Waals surface area contributed by atoms with Gasteiger partial charge in [-0.15, -0.1) is 0 Å². The summed E-state index contributed by atoms with van der Waals surface area (Å²) in [4.78, 5) is 0. The molecule has 0 saturated heterocycles. The molecule has 1 nitrogen and oxygen atoms in total. The fourth-order valence-corrected chi connectivity index (χ4v) is 1.65. The second-order valence-corrected chi connectivity index (χ2v) is 4.00. The van der Waals surface area contributed by atoms with Gasteiger partial charge >= 0.3 is 0 Å². The lowest BCUT2D eigenvalue weighted by molar-refractivity contribution is -0.462. The van der Waals surface area contributed by atoms with Crippen LogP contribution < -0.4 is 0 Å². The largest absolute Gasteiger partial charge is 0.235 e. The molecule has 0 fully saturated rings. The lowest BCUT2D eigenvalue weighted by Crippen LogP contribution is -2.09. The first-order chi connectivity index (χ1) is 7.77. The standard InChI is InChI=1S/C15H16N/c1-16(2)15-11-9-14(10-12-15)13-7-5-3-4-6-8-13/h3-12H,1-2H3/q+1. The Balaban J connectivity index is 2.33. The van der Waals surface area contributed by atoms with E-state index in [4.69, 9.17) is 0 Å². The third-order valence-corrected chi connectivity index (χ3v) is 2.60. The molecule has 0 aromatic carbocycles. The molecule has 0 unspecified atom stereocenters. The molecule has 0 N–H and O–H groups in total. The topological polar surface area (TPSA) is 3.01 Å². The summed E-state index contributed by atoms with van der Waals surface area (Å²) in [7, 11) is 4.11. The van der Waals surface area contributed by atoms with Gasteiger partial charge in [0.15, 0.2) is 5.71 Å². The maximum absolute atomic E-state index is 2.16. The van der Waals surface area contributed by atoms with E-state index >= 15 is 0 Å². The highest BCUT2D eigenvalue weighted by molar-refractivity contribution is 6.02. The minimum absolute atomic E-state index is 1.23. The van der Waals surface area contributed by atoms with Gasteiger partial charge in [-0.2, -0.15) is 0 Å². The van der Waals surface area contributed by atoms with E-state index < -0.39 is 0 Å². The first-order valence-electron chi connectivity index (χ1n) is 5.43. The Labute approximate surface area is 96.8 Å². The molecule has 80 valence electrons. The average molecular weight is 210 g/mol. The van der Waals surface area contributed by atoms with Crippen LogP contribution in [0.15, 0.2) is 71.9 Å². The zero-order chi connectivity index (χ0) is 11.4. The third-order valence-electron chi connectivity index (χ3n) is 2.60. The van der Waals surface area contributed by atoms with E-state index in [-0.39, 0.29) is 0 Å². The molecule has 2 aliphatic carbocycles. The van der Waals surface area contributed by atoms with Gasteiger partial charge in [-0.3, -0.25) is 0 Å². The van der Waals surface area contributed by atoms with E-state index in [0.717, 1.165) is 0 Å². The second kappa shape index (κ2) is 4.75. The fraction of sp³-hybridized carbons (Fsp3) is 0.133. The number of hydrogen-bond acceptors (Lipinski definition) is 0. The van der Waals surface area contributed by atoms with E-state index in [1.807, 2.05) is 12.2 Å². The third kappa shape index (κ3) is 2.37. The van der Waals surface area contributed by atoms with Gasteiger partial charge in [0.05, 0.1) is 0 Å². The Hall–Kier alpha value is -1.89. The molecule has 16 heavy (non-hydrogen) atoms. The molecule has 0 aromatic heterocycles. The van der Waals surface area contributed by atoms with Crippen molar-refractivity contribution in [2.45, 2.75) is 0 Å². The van der Waals surface area contributed by atoms with Crippen LogP contribution in [-0.2, 0) is 0 Å². The first kappa shape index (κ1) is 10.6. The van der Waals surface area contributed by atoms with Crippen LogP contribution in [0.4, 0.5) is 0 Å². The lowest BCUT2D eigenvalue weighted by Gasteiger charge is -2.04. The van der Waals surface area contributed by atoms with Crippen molar-refractivity contribution < 1.29 is 4.58 Å². The highest BCUT2D eigenvalue weighted by Gasteiger charge is 2.05. The molecule has 0 aliphatic heterocycles. The summed E-state index contributed by atoms with van der Waals surface area (Å²) >= 11 is 0. The van der Waals surface area contributed by atoms with Crippen molar-refractivity contribution in [1.29, 1.82) is 0 Å². The molecule has 0 heterocycles. The summed E-state index contributed by atoms with van der Waals surface area (Å²) in [6.45, 7) is 0. The van der Waals surface area contributed by atoms with Gasteiger partial charge in [-0.1, -0.05) is 36.5 Å². The maximum atomic E-state index is 2.16. The monoisotopic (exact) mass is 210 g/mol. The molecule has 0 spiro atoms. The van der Waals surface area contributed by atoms with Crippen molar-refractivity contribution >= 4 is 5.71 Å². The number of rotatable bonds is 0. The van der Waals surface area contributed by atoms with Gasteiger partial charge in [0.1, 0.15) is 14.1 Å². The SMILES string of the molecule is C[N+](C)=C1C=CC(=C2C=CC=CC=C2)C=C1. The quantitative estimate of drug-likeness (QED) is 0.541. The molecular weight excluding hydrogens is 194 g/mol. The summed E-state index contributed by atoms with van der Waals surface area (Å²) in [5.74, 6) is 0. The van der Waals surface area contributed by atoms with Crippen molar-refractivity contribution in [3.63, 3.8) is 0 Å². The summed E-state index contributed by atoms with van der Waals surface area (Å²) in [5, 5.41) is 0. The van der Waals surface area contributed by atoms with Crippen LogP contribution in [0.25, 0.3) is 0 Å².